The lowest BCUT2D eigenvalue weighted by Gasteiger charge is -2.34. The molecule has 2 aliphatic rings. The van der Waals surface area contributed by atoms with Crippen molar-refractivity contribution in [3.05, 3.63) is 53.5 Å². The largest absolute Gasteiger partial charge is 0.453 e. The van der Waals surface area contributed by atoms with Gasteiger partial charge in [-0.2, -0.15) is 5.10 Å². The molecule has 0 saturated carbocycles. The fraction of sp³-hybridized carbons (Fsp3) is 0.350. The van der Waals surface area contributed by atoms with Crippen LogP contribution >= 0.6 is 11.6 Å². The molecule has 1 fully saturated rings. The Balaban J connectivity index is 1.65. The van der Waals surface area contributed by atoms with E-state index in [4.69, 9.17) is 16.3 Å². The molecule has 1 aliphatic carbocycles. The van der Waals surface area contributed by atoms with Crippen LogP contribution in [-0.4, -0.2) is 59.5 Å². The molecule has 1 atom stereocenters. The predicted octanol–water partition coefficient (Wildman–Crippen LogP) is 3.53. The number of carbonyl (C=O) groups is 1. The molecule has 2 aromatic heterocycles. The number of nitrogens with zero attached hydrogens (tertiary/aromatic N) is 4. The Bertz CT molecular complexity index is 901. The number of ether oxygens (including phenoxy) is 1. The lowest BCUT2D eigenvalue weighted by molar-refractivity contribution is 0.121. The van der Waals surface area contributed by atoms with Gasteiger partial charge in [-0.1, -0.05) is 23.8 Å². The molecule has 7 nitrogen and oxygen atoms in total. The maximum atomic E-state index is 11.8. The molecule has 0 bridgehead atoms. The number of halogens is 1. The molecule has 2 aromatic rings. The lowest BCUT2D eigenvalue weighted by atomic mass is 9.92. The minimum absolute atomic E-state index is 0.184. The maximum absolute atomic E-state index is 11.8. The van der Waals surface area contributed by atoms with Gasteiger partial charge in [0.15, 0.2) is 5.82 Å². The quantitative estimate of drug-likeness (QED) is 0.854. The molecule has 8 heteroatoms. The number of aromatic amines is 1. The van der Waals surface area contributed by atoms with Crippen molar-refractivity contribution < 1.29 is 9.53 Å². The summed E-state index contributed by atoms with van der Waals surface area (Å²) in [5.41, 5.74) is 3.21. The summed E-state index contributed by atoms with van der Waals surface area (Å²) in [4.78, 5) is 19.8. The number of nitrogens with one attached hydrogen (secondary N) is 1. The van der Waals surface area contributed by atoms with Crippen LogP contribution in [0.25, 0.3) is 11.1 Å². The summed E-state index contributed by atoms with van der Waals surface area (Å²) in [6, 6.07) is 4.00. The van der Waals surface area contributed by atoms with Crippen LogP contribution in [0.1, 0.15) is 18.0 Å². The Kier molecular flexibility index (Phi) is 5.34. The van der Waals surface area contributed by atoms with Crippen molar-refractivity contribution in [2.45, 2.75) is 12.3 Å². The average Bonchev–Trinajstić information content (AvgIpc) is 3.19. The highest BCUT2D eigenvalue weighted by Crippen LogP contribution is 2.39. The van der Waals surface area contributed by atoms with Crippen LogP contribution in [-0.2, 0) is 4.74 Å². The molecule has 0 spiro atoms. The standard InChI is InChI=1S/C20H22ClN5O2/c1-28-20(27)26-12-10-25(11-13-26)19-17(14-6-8-22-9-7-14)18(23-24-19)15-2-4-16(21)5-3-15/h2,4-9,15H,3,10-13H2,1H3,(H,23,24). The second-order valence-corrected chi connectivity index (χ2v) is 7.24. The number of allylic oxidation sites excluding steroid dienone is 4. The van der Waals surface area contributed by atoms with Crippen LogP contribution in [0.2, 0.25) is 0 Å². The number of amides is 1. The molecular formula is C20H22ClN5O2. The van der Waals surface area contributed by atoms with Crippen LogP contribution in [0, 0.1) is 0 Å². The number of methoxy groups -OCH3 is 1. The molecule has 1 saturated heterocycles. The first-order valence-corrected chi connectivity index (χ1v) is 9.65. The normalized spacial score (nSPS) is 19.5. The Hall–Kier alpha value is -2.80. The topological polar surface area (TPSA) is 74.3 Å². The number of rotatable bonds is 3. The van der Waals surface area contributed by atoms with Gasteiger partial charge >= 0.3 is 6.09 Å². The molecular weight excluding hydrogens is 378 g/mol. The molecule has 0 radical (unpaired) electrons. The second-order valence-electron chi connectivity index (χ2n) is 6.81. The molecule has 0 aromatic carbocycles. The van der Waals surface area contributed by atoms with E-state index in [0.29, 0.717) is 26.2 Å². The summed E-state index contributed by atoms with van der Waals surface area (Å²) in [6.45, 7) is 2.60. The zero-order valence-corrected chi connectivity index (χ0v) is 16.4. The summed E-state index contributed by atoms with van der Waals surface area (Å²) in [6.07, 6.45) is 10.2. The molecule has 1 unspecified atom stereocenters. The molecule has 1 amide bonds. The maximum Gasteiger partial charge on any atom is 0.409 e. The smallest absolute Gasteiger partial charge is 0.409 e. The van der Waals surface area contributed by atoms with E-state index in [1.165, 1.54) is 7.11 Å². The van der Waals surface area contributed by atoms with Crippen molar-refractivity contribution in [2.24, 2.45) is 0 Å². The van der Waals surface area contributed by atoms with Crippen LogP contribution < -0.4 is 4.90 Å². The minimum atomic E-state index is -0.285. The highest BCUT2D eigenvalue weighted by atomic mass is 35.5. The van der Waals surface area contributed by atoms with Gasteiger partial charge in [-0.15, -0.1) is 0 Å². The molecule has 1 N–H and O–H groups in total. The van der Waals surface area contributed by atoms with E-state index in [-0.39, 0.29) is 12.0 Å². The zero-order valence-electron chi connectivity index (χ0n) is 15.6. The highest BCUT2D eigenvalue weighted by Gasteiger charge is 2.28. The van der Waals surface area contributed by atoms with Crippen LogP contribution in [0.15, 0.2) is 47.8 Å². The van der Waals surface area contributed by atoms with Crippen molar-refractivity contribution in [1.29, 1.82) is 0 Å². The SMILES string of the molecule is COC(=O)N1CCN(c2n[nH]c(C3C=CC(Cl)=CC3)c2-c2ccncc2)CC1. The molecule has 1 aliphatic heterocycles. The van der Waals surface area contributed by atoms with E-state index < -0.39 is 0 Å². The molecule has 3 heterocycles. The van der Waals surface area contributed by atoms with Gasteiger partial charge in [0.25, 0.3) is 0 Å². The van der Waals surface area contributed by atoms with Crippen molar-refractivity contribution in [2.75, 3.05) is 38.2 Å². The third kappa shape index (κ3) is 3.62. The van der Waals surface area contributed by atoms with Gasteiger partial charge in [0.2, 0.25) is 0 Å². The second kappa shape index (κ2) is 8.06. The minimum Gasteiger partial charge on any atom is -0.453 e. The highest BCUT2D eigenvalue weighted by molar-refractivity contribution is 6.31. The predicted molar refractivity (Wildman–Crippen MR) is 108 cm³/mol. The fourth-order valence-corrected chi connectivity index (χ4v) is 3.85. The van der Waals surface area contributed by atoms with Crippen molar-refractivity contribution in [3.63, 3.8) is 0 Å². The Morgan fingerprint density at radius 2 is 2.00 bits per heavy atom. The fourth-order valence-electron chi connectivity index (χ4n) is 3.68. The van der Waals surface area contributed by atoms with Crippen molar-refractivity contribution >= 4 is 23.5 Å². The number of hydrogen-bond donors (Lipinski definition) is 1. The molecule has 28 heavy (non-hydrogen) atoms. The van der Waals surface area contributed by atoms with E-state index in [0.717, 1.165) is 34.1 Å². The molecule has 4 rings (SSSR count). The number of piperazine rings is 1. The van der Waals surface area contributed by atoms with Crippen LogP contribution in [0.5, 0.6) is 0 Å². The number of aromatic nitrogens is 3. The van der Waals surface area contributed by atoms with Gasteiger partial charge < -0.3 is 14.5 Å². The first-order valence-electron chi connectivity index (χ1n) is 9.27. The van der Waals surface area contributed by atoms with Gasteiger partial charge in [-0.3, -0.25) is 10.1 Å². The summed E-state index contributed by atoms with van der Waals surface area (Å²) in [7, 11) is 1.41. The number of anilines is 1. The van der Waals surface area contributed by atoms with E-state index in [2.05, 4.69) is 26.2 Å². The Morgan fingerprint density at radius 1 is 1.25 bits per heavy atom. The summed E-state index contributed by atoms with van der Waals surface area (Å²) in [5.74, 6) is 1.09. The number of carbonyl (C=O) groups excluding carboxylic acids is 1. The van der Waals surface area contributed by atoms with Gasteiger partial charge in [0, 0.05) is 55.1 Å². The van der Waals surface area contributed by atoms with E-state index in [1.54, 1.807) is 17.3 Å². The van der Waals surface area contributed by atoms with E-state index in [1.807, 2.05) is 24.3 Å². The van der Waals surface area contributed by atoms with Crippen LogP contribution in [0.3, 0.4) is 0 Å². The van der Waals surface area contributed by atoms with Gasteiger partial charge in [-0.25, -0.2) is 4.79 Å². The Labute approximate surface area is 168 Å². The summed E-state index contributed by atoms with van der Waals surface area (Å²) in [5, 5.41) is 8.68. The van der Waals surface area contributed by atoms with Crippen LogP contribution in [0.4, 0.5) is 10.6 Å². The first-order chi connectivity index (χ1) is 13.7. The van der Waals surface area contributed by atoms with Gasteiger partial charge in [0.1, 0.15) is 0 Å². The summed E-state index contributed by atoms with van der Waals surface area (Å²) < 4.78 is 4.83. The number of pyridine rings is 1. The Morgan fingerprint density at radius 3 is 2.64 bits per heavy atom. The summed E-state index contributed by atoms with van der Waals surface area (Å²) >= 11 is 6.09. The van der Waals surface area contributed by atoms with E-state index in [9.17, 15) is 4.79 Å². The monoisotopic (exact) mass is 399 g/mol. The average molecular weight is 400 g/mol. The van der Waals surface area contributed by atoms with E-state index >= 15 is 0 Å². The third-order valence-corrected chi connectivity index (χ3v) is 5.46. The van der Waals surface area contributed by atoms with Gasteiger partial charge in [0.05, 0.1) is 12.8 Å². The van der Waals surface area contributed by atoms with Crippen molar-refractivity contribution in [1.82, 2.24) is 20.1 Å². The number of hydrogen-bond acceptors (Lipinski definition) is 5. The number of H-pyrrole nitrogens is 1. The first kappa shape index (κ1) is 18.6. The third-order valence-electron chi connectivity index (χ3n) is 5.18. The molecule has 146 valence electrons. The zero-order chi connectivity index (χ0) is 19.5. The van der Waals surface area contributed by atoms with Crippen molar-refractivity contribution in [3.8, 4) is 11.1 Å². The van der Waals surface area contributed by atoms with Gasteiger partial charge in [-0.05, 0) is 30.2 Å². The lowest BCUT2D eigenvalue weighted by Crippen LogP contribution is -2.49.